The molecule has 0 fully saturated rings. The number of hydrogen-bond donors (Lipinski definition) is 1. The Kier molecular flexibility index (Phi) is 2.59. The molecule has 0 saturated heterocycles. The van der Waals surface area contributed by atoms with Gasteiger partial charge >= 0.3 is 5.97 Å². The fraction of sp³-hybridized carbons (Fsp3) is 0.222. The van der Waals surface area contributed by atoms with Crippen molar-refractivity contribution in [2.45, 2.75) is 6.92 Å². The molecule has 2 heterocycles. The van der Waals surface area contributed by atoms with Crippen LogP contribution in [0.1, 0.15) is 17.4 Å². The number of nitrogens with two attached hydrogens (primary N) is 1. The summed E-state index contributed by atoms with van der Waals surface area (Å²) in [4.78, 5) is 15.3. The second kappa shape index (κ2) is 4.05. The topological polar surface area (TPSA) is 96.2 Å². The predicted octanol–water partition coefficient (Wildman–Crippen LogP) is 0.619. The number of imidazole rings is 1. The van der Waals surface area contributed by atoms with Crippen LogP contribution in [0.5, 0.6) is 0 Å². The van der Waals surface area contributed by atoms with Gasteiger partial charge in [-0.2, -0.15) is 0 Å². The van der Waals surface area contributed by atoms with E-state index in [4.69, 9.17) is 10.5 Å². The lowest BCUT2D eigenvalue weighted by molar-refractivity contribution is 0.0521. The van der Waals surface area contributed by atoms with Gasteiger partial charge in [-0.3, -0.25) is 4.57 Å². The zero-order chi connectivity index (χ0) is 11.5. The number of ether oxygens (including phenoxy) is 1. The van der Waals surface area contributed by atoms with Gasteiger partial charge in [0.1, 0.15) is 24.1 Å². The van der Waals surface area contributed by atoms with Gasteiger partial charge in [0, 0.05) is 0 Å². The van der Waals surface area contributed by atoms with Gasteiger partial charge in [0.2, 0.25) is 0 Å². The van der Waals surface area contributed by atoms with E-state index in [2.05, 4.69) is 14.7 Å². The first kappa shape index (κ1) is 10.2. The molecule has 7 nitrogen and oxygen atoms in total. The number of esters is 1. The molecule has 0 aliphatic carbocycles. The summed E-state index contributed by atoms with van der Waals surface area (Å²) in [6.45, 7) is 1.99. The summed E-state index contributed by atoms with van der Waals surface area (Å²) in [7, 11) is 0. The Bertz CT molecular complexity index is 489. The molecule has 0 bridgehead atoms. The van der Waals surface area contributed by atoms with Gasteiger partial charge in [-0.25, -0.2) is 9.78 Å². The molecule has 2 aromatic rings. The van der Waals surface area contributed by atoms with Crippen molar-refractivity contribution in [3.05, 3.63) is 24.5 Å². The highest BCUT2D eigenvalue weighted by molar-refractivity contribution is 5.92. The van der Waals surface area contributed by atoms with Gasteiger partial charge in [-0.1, -0.05) is 5.16 Å². The first-order chi connectivity index (χ1) is 7.74. The van der Waals surface area contributed by atoms with Gasteiger partial charge < -0.3 is 15.0 Å². The molecule has 0 atom stereocenters. The summed E-state index contributed by atoms with van der Waals surface area (Å²) in [6.07, 6.45) is 4.27. The number of nitrogen functional groups attached to an aromatic ring is 1. The van der Waals surface area contributed by atoms with E-state index in [-0.39, 0.29) is 18.1 Å². The molecular formula is C9H10N4O3. The van der Waals surface area contributed by atoms with Crippen molar-refractivity contribution in [3.8, 4) is 5.69 Å². The van der Waals surface area contributed by atoms with Crippen LogP contribution in [0, 0.1) is 0 Å². The van der Waals surface area contributed by atoms with E-state index in [1.807, 2.05) is 0 Å². The maximum absolute atomic E-state index is 11.4. The summed E-state index contributed by atoms with van der Waals surface area (Å²) < 4.78 is 11.0. The number of hydrogen-bond acceptors (Lipinski definition) is 6. The number of nitrogens with zero attached hydrogens (tertiary/aromatic N) is 3. The normalized spacial score (nSPS) is 10.3. The highest BCUT2D eigenvalue weighted by atomic mass is 16.5. The summed E-state index contributed by atoms with van der Waals surface area (Å²) in [6, 6.07) is 0. The number of rotatable bonds is 3. The lowest BCUT2D eigenvalue weighted by Gasteiger charge is -2.01. The average molecular weight is 222 g/mol. The molecule has 0 aliphatic rings. The fourth-order valence-corrected chi connectivity index (χ4v) is 1.24. The van der Waals surface area contributed by atoms with Crippen LogP contribution < -0.4 is 5.73 Å². The van der Waals surface area contributed by atoms with Crippen LogP contribution in [0.15, 0.2) is 23.3 Å². The smallest absolute Gasteiger partial charge is 0.360 e. The largest absolute Gasteiger partial charge is 0.461 e. The molecule has 84 valence electrons. The Hall–Kier alpha value is -2.31. The van der Waals surface area contributed by atoms with Crippen molar-refractivity contribution in [2.75, 3.05) is 12.3 Å². The van der Waals surface area contributed by atoms with E-state index in [0.717, 1.165) is 0 Å². The van der Waals surface area contributed by atoms with Crippen molar-refractivity contribution in [3.63, 3.8) is 0 Å². The highest BCUT2D eigenvalue weighted by Crippen LogP contribution is 2.16. The monoisotopic (exact) mass is 222 g/mol. The minimum atomic E-state index is -0.546. The molecule has 0 amide bonds. The summed E-state index contributed by atoms with van der Waals surface area (Å²) in [5, 5.41) is 3.53. The minimum absolute atomic E-state index is 0.0862. The Labute approximate surface area is 90.8 Å². The highest BCUT2D eigenvalue weighted by Gasteiger charge is 2.17. The second-order valence-electron chi connectivity index (χ2n) is 2.95. The molecule has 0 radical (unpaired) electrons. The molecule has 2 aromatic heterocycles. The van der Waals surface area contributed by atoms with E-state index < -0.39 is 5.97 Å². The maximum Gasteiger partial charge on any atom is 0.360 e. The first-order valence-electron chi connectivity index (χ1n) is 4.63. The van der Waals surface area contributed by atoms with Crippen LogP contribution in [-0.2, 0) is 4.74 Å². The van der Waals surface area contributed by atoms with Crippen molar-refractivity contribution in [1.82, 2.24) is 14.7 Å². The molecule has 7 heteroatoms. The quantitative estimate of drug-likeness (QED) is 0.764. The Morgan fingerprint density at radius 3 is 3.12 bits per heavy atom. The SMILES string of the molecule is CCOC(=O)c1ncn(-c2cnoc2)c1N. The van der Waals surface area contributed by atoms with Gasteiger partial charge in [0.25, 0.3) is 0 Å². The molecule has 0 aromatic carbocycles. The standard InChI is InChI=1S/C9H10N4O3/c1-2-15-9(14)7-8(10)13(5-11-7)6-3-12-16-4-6/h3-5H,2,10H2,1H3. The summed E-state index contributed by atoms with van der Waals surface area (Å²) in [5.41, 5.74) is 6.44. The van der Waals surface area contributed by atoms with E-state index in [0.29, 0.717) is 5.69 Å². The zero-order valence-electron chi connectivity index (χ0n) is 8.58. The van der Waals surface area contributed by atoms with Crippen molar-refractivity contribution < 1.29 is 14.1 Å². The van der Waals surface area contributed by atoms with Gasteiger partial charge in [0.15, 0.2) is 5.69 Å². The Morgan fingerprint density at radius 1 is 1.69 bits per heavy atom. The zero-order valence-corrected chi connectivity index (χ0v) is 8.58. The van der Waals surface area contributed by atoms with Crippen molar-refractivity contribution in [2.24, 2.45) is 0 Å². The van der Waals surface area contributed by atoms with Crippen molar-refractivity contribution >= 4 is 11.8 Å². The minimum Gasteiger partial charge on any atom is -0.461 e. The predicted molar refractivity (Wildman–Crippen MR) is 54.0 cm³/mol. The lowest BCUT2D eigenvalue weighted by Crippen LogP contribution is -2.09. The van der Waals surface area contributed by atoms with Gasteiger partial charge in [-0.05, 0) is 6.92 Å². The van der Waals surface area contributed by atoms with E-state index in [9.17, 15) is 4.79 Å². The summed E-state index contributed by atoms with van der Waals surface area (Å²) in [5.74, 6) is -0.350. The Balaban J connectivity index is 2.35. The number of carbonyl (C=O) groups is 1. The molecule has 16 heavy (non-hydrogen) atoms. The molecule has 0 spiro atoms. The van der Waals surface area contributed by atoms with E-state index >= 15 is 0 Å². The molecule has 2 rings (SSSR count). The third kappa shape index (κ3) is 1.62. The fourth-order valence-electron chi connectivity index (χ4n) is 1.24. The third-order valence-electron chi connectivity index (χ3n) is 1.97. The lowest BCUT2D eigenvalue weighted by atomic mass is 10.4. The molecule has 0 unspecified atom stereocenters. The van der Waals surface area contributed by atoms with Crippen LogP contribution in [0.2, 0.25) is 0 Å². The summed E-state index contributed by atoms with van der Waals surface area (Å²) >= 11 is 0. The third-order valence-corrected chi connectivity index (χ3v) is 1.97. The molecular weight excluding hydrogens is 212 g/mol. The van der Waals surface area contributed by atoms with Crippen LogP contribution in [-0.4, -0.2) is 27.3 Å². The van der Waals surface area contributed by atoms with Crippen molar-refractivity contribution in [1.29, 1.82) is 0 Å². The number of anilines is 1. The Morgan fingerprint density at radius 2 is 2.50 bits per heavy atom. The number of carbonyl (C=O) groups excluding carboxylic acids is 1. The van der Waals surface area contributed by atoms with Gasteiger partial charge in [-0.15, -0.1) is 0 Å². The molecule has 0 aliphatic heterocycles. The molecule has 2 N–H and O–H groups in total. The second-order valence-corrected chi connectivity index (χ2v) is 2.95. The van der Waals surface area contributed by atoms with E-state index in [1.54, 1.807) is 6.92 Å². The van der Waals surface area contributed by atoms with Crippen LogP contribution in [0.25, 0.3) is 5.69 Å². The van der Waals surface area contributed by atoms with Crippen LogP contribution >= 0.6 is 0 Å². The van der Waals surface area contributed by atoms with E-state index in [1.165, 1.54) is 23.4 Å². The number of aromatic nitrogens is 3. The van der Waals surface area contributed by atoms with Crippen LogP contribution in [0.3, 0.4) is 0 Å². The average Bonchev–Trinajstić information content (AvgIpc) is 2.86. The first-order valence-corrected chi connectivity index (χ1v) is 4.63. The van der Waals surface area contributed by atoms with Crippen LogP contribution in [0.4, 0.5) is 5.82 Å². The van der Waals surface area contributed by atoms with Gasteiger partial charge in [0.05, 0.1) is 12.8 Å². The maximum atomic E-state index is 11.4. The molecule has 0 saturated carbocycles.